The lowest BCUT2D eigenvalue weighted by atomic mass is 9.68. The van der Waals surface area contributed by atoms with Gasteiger partial charge in [-0.05, 0) is 43.6 Å². The summed E-state index contributed by atoms with van der Waals surface area (Å²) in [5, 5.41) is 11.9. The summed E-state index contributed by atoms with van der Waals surface area (Å²) in [5.74, 6) is 0.431. The van der Waals surface area contributed by atoms with Crippen molar-refractivity contribution >= 4 is 11.9 Å². The van der Waals surface area contributed by atoms with Gasteiger partial charge in [-0.2, -0.15) is 0 Å². The number of hydrogen-bond acceptors (Lipinski definition) is 3. The van der Waals surface area contributed by atoms with E-state index in [1.807, 2.05) is 0 Å². The lowest BCUT2D eigenvalue weighted by Gasteiger charge is -2.38. The summed E-state index contributed by atoms with van der Waals surface area (Å²) in [6, 6.07) is 1.48. The number of hydrogen-bond donors (Lipinski definition) is 2. The predicted octanol–water partition coefficient (Wildman–Crippen LogP) is 3.36. The molecule has 22 heavy (non-hydrogen) atoms. The monoisotopic (exact) mass is 307 g/mol. The molecule has 2 atom stereocenters. The first-order valence-electron chi connectivity index (χ1n) is 7.78. The van der Waals surface area contributed by atoms with Crippen LogP contribution in [0.4, 0.5) is 0 Å². The molecule has 0 radical (unpaired) electrons. The number of aryl methyl sites for hydroxylation is 1. The van der Waals surface area contributed by atoms with Gasteiger partial charge in [0.2, 0.25) is 5.91 Å². The number of amides is 1. The van der Waals surface area contributed by atoms with Crippen LogP contribution in [0.1, 0.15) is 61.9 Å². The van der Waals surface area contributed by atoms with E-state index in [1.165, 1.54) is 6.07 Å². The van der Waals surface area contributed by atoms with Crippen LogP contribution in [0, 0.1) is 24.2 Å². The molecule has 2 rings (SSSR count). The fourth-order valence-corrected chi connectivity index (χ4v) is 3.71. The fourth-order valence-electron chi connectivity index (χ4n) is 3.71. The second-order valence-corrected chi connectivity index (χ2v) is 7.32. The maximum atomic E-state index is 12.4. The summed E-state index contributed by atoms with van der Waals surface area (Å²) in [5.41, 5.74) is 0.342. The molecule has 122 valence electrons. The van der Waals surface area contributed by atoms with Crippen LogP contribution in [-0.4, -0.2) is 17.0 Å². The Bertz CT molecular complexity index is 573. The van der Waals surface area contributed by atoms with Crippen LogP contribution in [0.15, 0.2) is 10.5 Å². The Morgan fingerprint density at radius 1 is 1.41 bits per heavy atom. The van der Waals surface area contributed by atoms with E-state index in [-0.39, 0.29) is 29.3 Å². The number of carboxylic acids is 1. The average molecular weight is 307 g/mol. The van der Waals surface area contributed by atoms with E-state index >= 15 is 0 Å². The van der Waals surface area contributed by atoms with Crippen molar-refractivity contribution in [2.45, 2.75) is 53.5 Å². The van der Waals surface area contributed by atoms with Crippen molar-refractivity contribution in [1.82, 2.24) is 5.32 Å². The molecule has 5 heteroatoms. The second kappa shape index (κ2) is 6.15. The van der Waals surface area contributed by atoms with Crippen molar-refractivity contribution in [2.24, 2.45) is 17.3 Å². The van der Waals surface area contributed by atoms with Gasteiger partial charge in [0, 0.05) is 5.92 Å². The average Bonchev–Trinajstić information content (AvgIpc) is 2.75. The van der Waals surface area contributed by atoms with Crippen LogP contribution in [0.5, 0.6) is 0 Å². The Morgan fingerprint density at radius 2 is 2.09 bits per heavy atom. The van der Waals surface area contributed by atoms with Gasteiger partial charge in [0.25, 0.3) is 0 Å². The molecule has 1 aromatic heterocycles. The molecular formula is C17H25NO4. The lowest BCUT2D eigenvalue weighted by molar-refractivity contribution is -0.128. The summed E-state index contributed by atoms with van der Waals surface area (Å²) in [6.45, 7) is 8.45. The highest BCUT2D eigenvalue weighted by Gasteiger charge is 2.35. The molecule has 1 heterocycles. The molecule has 0 bridgehead atoms. The molecule has 2 unspecified atom stereocenters. The number of carboxylic acid groups (broad SMARTS) is 1. The van der Waals surface area contributed by atoms with Gasteiger partial charge in [0.05, 0.1) is 6.54 Å². The minimum Gasteiger partial charge on any atom is -0.478 e. The smallest absolute Gasteiger partial charge is 0.339 e. The van der Waals surface area contributed by atoms with Crippen molar-refractivity contribution in [2.75, 3.05) is 0 Å². The summed E-state index contributed by atoms with van der Waals surface area (Å²) >= 11 is 0. The molecule has 5 nitrogen and oxygen atoms in total. The third-order valence-electron chi connectivity index (χ3n) is 4.39. The van der Waals surface area contributed by atoms with E-state index in [2.05, 4.69) is 26.1 Å². The Labute approximate surface area is 131 Å². The Morgan fingerprint density at radius 3 is 2.64 bits per heavy atom. The van der Waals surface area contributed by atoms with E-state index in [1.54, 1.807) is 6.92 Å². The van der Waals surface area contributed by atoms with Crippen molar-refractivity contribution in [1.29, 1.82) is 0 Å². The van der Waals surface area contributed by atoms with E-state index < -0.39 is 5.97 Å². The zero-order valence-electron chi connectivity index (χ0n) is 13.7. The molecule has 2 N–H and O–H groups in total. The topological polar surface area (TPSA) is 79.5 Å². The third kappa shape index (κ3) is 3.90. The first kappa shape index (κ1) is 16.6. The van der Waals surface area contributed by atoms with Crippen LogP contribution in [0.2, 0.25) is 0 Å². The van der Waals surface area contributed by atoms with Crippen LogP contribution in [-0.2, 0) is 11.3 Å². The van der Waals surface area contributed by atoms with Gasteiger partial charge in [0.1, 0.15) is 17.1 Å². The molecule has 0 spiro atoms. The number of carbonyl (C=O) groups excluding carboxylic acids is 1. The molecule has 1 amide bonds. The molecular weight excluding hydrogens is 282 g/mol. The summed E-state index contributed by atoms with van der Waals surface area (Å²) in [4.78, 5) is 23.3. The Hall–Kier alpha value is -1.78. The number of carbonyl (C=O) groups is 2. The normalized spacial score (nSPS) is 24.0. The Kier molecular flexibility index (Phi) is 4.63. The number of furan rings is 1. The molecule has 1 aliphatic rings. The third-order valence-corrected chi connectivity index (χ3v) is 4.39. The molecule has 1 aliphatic carbocycles. The number of rotatable bonds is 4. The van der Waals surface area contributed by atoms with E-state index in [0.29, 0.717) is 17.4 Å². The summed E-state index contributed by atoms with van der Waals surface area (Å²) < 4.78 is 5.38. The molecule has 0 aliphatic heterocycles. The van der Waals surface area contributed by atoms with Gasteiger partial charge in [0.15, 0.2) is 0 Å². The first-order chi connectivity index (χ1) is 10.2. The first-order valence-corrected chi connectivity index (χ1v) is 7.78. The standard InChI is InChI=1S/C17H25NO4/c1-10-5-12(8-17(3,4)7-10)15(19)18-9-13-6-14(16(20)21)11(2)22-13/h6,10,12H,5,7-9H2,1-4H3,(H,18,19)(H,20,21). The quantitative estimate of drug-likeness (QED) is 0.894. The number of aromatic carboxylic acids is 1. The number of nitrogens with one attached hydrogen (secondary N) is 1. The van der Waals surface area contributed by atoms with Gasteiger partial charge >= 0.3 is 5.97 Å². The van der Waals surface area contributed by atoms with Gasteiger partial charge < -0.3 is 14.8 Å². The zero-order valence-corrected chi connectivity index (χ0v) is 13.7. The minimum atomic E-state index is -1.01. The zero-order chi connectivity index (χ0) is 16.5. The lowest BCUT2D eigenvalue weighted by Crippen LogP contribution is -2.38. The van der Waals surface area contributed by atoms with Crippen molar-refractivity contribution < 1.29 is 19.1 Å². The van der Waals surface area contributed by atoms with E-state index in [9.17, 15) is 9.59 Å². The molecule has 1 aromatic rings. The SMILES string of the molecule is Cc1oc(CNC(=O)C2CC(C)CC(C)(C)C2)cc1C(=O)O. The molecule has 1 fully saturated rings. The van der Waals surface area contributed by atoms with Crippen molar-refractivity contribution in [3.05, 3.63) is 23.2 Å². The van der Waals surface area contributed by atoms with Crippen LogP contribution in [0.25, 0.3) is 0 Å². The molecule has 0 saturated heterocycles. The van der Waals surface area contributed by atoms with Crippen LogP contribution in [0.3, 0.4) is 0 Å². The second-order valence-electron chi connectivity index (χ2n) is 7.32. The van der Waals surface area contributed by atoms with Crippen LogP contribution < -0.4 is 5.32 Å². The van der Waals surface area contributed by atoms with Gasteiger partial charge in [-0.15, -0.1) is 0 Å². The van der Waals surface area contributed by atoms with Crippen molar-refractivity contribution in [3.63, 3.8) is 0 Å². The Balaban J connectivity index is 1.95. The van der Waals surface area contributed by atoms with E-state index in [0.717, 1.165) is 19.3 Å². The van der Waals surface area contributed by atoms with E-state index in [4.69, 9.17) is 9.52 Å². The fraction of sp³-hybridized carbons (Fsp3) is 0.647. The van der Waals surface area contributed by atoms with Gasteiger partial charge in [-0.1, -0.05) is 20.8 Å². The summed E-state index contributed by atoms with van der Waals surface area (Å²) in [6.07, 6.45) is 2.95. The highest BCUT2D eigenvalue weighted by Crippen LogP contribution is 2.41. The van der Waals surface area contributed by atoms with Crippen LogP contribution >= 0.6 is 0 Å². The summed E-state index contributed by atoms with van der Waals surface area (Å²) in [7, 11) is 0. The highest BCUT2D eigenvalue weighted by atomic mass is 16.4. The van der Waals surface area contributed by atoms with Crippen molar-refractivity contribution in [3.8, 4) is 0 Å². The maximum Gasteiger partial charge on any atom is 0.339 e. The molecule has 1 saturated carbocycles. The maximum absolute atomic E-state index is 12.4. The van der Waals surface area contributed by atoms with Gasteiger partial charge in [-0.25, -0.2) is 4.79 Å². The molecule has 0 aromatic carbocycles. The minimum absolute atomic E-state index is 0.0220. The largest absolute Gasteiger partial charge is 0.478 e. The predicted molar refractivity (Wildman–Crippen MR) is 82.5 cm³/mol. The van der Waals surface area contributed by atoms with Gasteiger partial charge in [-0.3, -0.25) is 4.79 Å². The highest BCUT2D eigenvalue weighted by molar-refractivity contribution is 5.88.